The third-order valence-electron chi connectivity index (χ3n) is 3.84. The molecule has 1 aliphatic heterocycles. The van der Waals surface area contributed by atoms with Crippen LogP contribution < -0.4 is 14.8 Å². The highest BCUT2D eigenvalue weighted by atomic mass is 32.2. The number of carbonyl (C=O) groups excluding carboxylic acids is 1. The number of fused-ring (bicyclic) bond motifs is 1. The first-order chi connectivity index (χ1) is 13.8. The molecular weight excluding hydrogens is 394 g/mol. The van der Waals surface area contributed by atoms with Crippen molar-refractivity contribution in [3.63, 3.8) is 0 Å². The lowest BCUT2D eigenvalue weighted by Crippen LogP contribution is -2.15. The summed E-state index contributed by atoms with van der Waals surface area (Å²) in [6.45, 7) is 1.08. The Balaban J connectivity index is 1.31. The number of thioether (sulfide) groups is 1. The van der Waals surface area contributed by atoms with Crippen molar-refractivity contribution in [2.45, 2.75) is 10.1 Å². The van der Waals surface area contributed by atoms with Gasteiger partial charge in [-0.15, -0.1) is 10.2 Å². The summed E-state index contributed by atoms with van der Waals surface area (Å²) in [5, 5.41) is 11.4. The molecule has 0 unspecified atom stereocenters. The van der Waals surface area contributed by atoms with Crippen molar-refractivity contribution in [3.05, 3.63) is 65.7 Å². The van der Waals surface area contributed by atoms with Crippen molar-refractivity contribution in [1.29, 1.82) is 0 Å². The lowest BCUT2D eigenvalue weighted by Gasteiger charge is -2.18. The minimum Gasteiger partial charge on any atom is -0.486 e. The summed E-state index contributed by atoms with van der Waals surface area (Å²) in [5.41, 5.74) is 2.08. The van der Waals surface area contributed by atoms with Crippen molar-refractivity contribution in [3.8, 4) is 11.5 Å². The van der Waals surface area contributed by atoms with E-state index in [1.54, 1.807) is 17.8 Å². The molecule has 4 rings (SSSR count). The van der Waals surface area contributed by atoms with E-state index in [1.807, 2.05) is 36.4 Å². The zero-order valence-electron chi connectivity index (χ0n) is 14.8. The van der Waals surface area contributed by atoms with Crippen LogP contribution in [0, 0.1) is 0 Å². The largest absolute Gasteiger partial charge is 0.486 e. The van der Waals surface area contributed by atoms with Crippen LogP contribution in [0.15, 0.2) is 58.9 Å². The van der Waals surface area contributed by atoms with Crippen LogP contribution in [-0.2, 0) is 10.5 Å². The first-order valence-corrected chi connectivity index (χ1v) is 10.5. The van der Waals surface area contributed by atoms with Gasteiger partial charge in [0, 0.05) is 11.8 Å². The minimum atomic E-state index is -0.259. The molecule has 6 nitrogen and oxygen atoms in total. The highest BCUT2D eigenvalue weighted by Gasteiger charge is 2.11. The molecule has 142 valence electrons. The second kappa shape index (κ2) is 8.90. The molecular formula is C20H17N3O3S2. The van der Waals surface area contributed by atoms with Gasteiger partial charge in [0.1, 0.15) is 13.2 Å². The third kappa shape index (κ3) is 4.90. The van der Waals surface area contributed by atoms with Gasteiger partial charge in [0.05, 0.1) is 0 Å². The van der Waals surface area contributed by atoms with Crippen LogP contribution in [0.3, 0.4) is 0 Å². The van der Waals surface area contributed by atoms with E-state index >= 15 is 0 Å². The number of aromatic nitrogens is 2. The fourth-order valence-electron chi connectivity index (χ4n) is 2.52. The Morgan fingerprint density at radius 2 is 1.93 bits per heavy atom. The predicted molar refractivity (Wildman–Crippen MR) is 111 cm³/mol. The number of rotatable bonds is 6. The molecule has 1 aliphatic rings. The SMILES string of the molecule is O=C(C=Cc1ccc2c(c1)OCCO2)Nc1nnc(SCc2ccccc2)s1. The zero-order chi connectivity index (χ0) is 19.2. The van der Waals surface area contributed by atoms with Gasteiger partial charge in [-0.25, -0.2) is 0 Å². The maximum absolute atomic E-state index is 12.1. The lowest BCUT2D eigenvalue weighted by atomic mass is 10.2. The molecule has 8 heteroatoms. The number of carbonyl (C=O) groups is 1. The maximum Gasteiger partial charge on any atom is 0.250 e. The first-order valence-electron chi connectivity index (χ1n) is 8.65. The molecule has 0 aliphatic carbocycles. The summed E-state index contributed by atoms with van der Waals surface area (Å²) < 4.78 is 11.8. The van der Waals surface area contributed by atoms with Gasteiger partial charge in [-0.2, -0.15) is 0 Å². The molecule has 1 aromatic heterocycles. The topological polar surface area (TPSA) is 73.3 Å². The normalized spacial score (nSPS) is 12.9. The molecule has 0 saturated carbocycles. The number of amides is 1. The van der Waals surface area contributed by atoms with Gasteiger partial charge in [0.25, 0.3) is 0 Å². The van der Waals surface area contributed by atoms with Crippen molar-refractivity contribution in [2.24, 2.45) is 0 Å². The summed E-state index contributed by atoms with van der Waals surface area (Å²) in [4.78, 5) is 12.1. The molecule has 0 bridgehead atoms. The molecule has 1 N–H and O–H groups in total. The van der Waals surface area contributed by atoms with Crippen molar-refractivity contribution in [1.82, 2.24) is 10.2 Å². The summed E-state index contributed by atoms with van der Waals surface area (Å²) in [7, 11) is 0. The number of benzene rings is 2. The average molecular weight is 412 g/mol. The molecule has 0 spiro atoms. The average Bonchev–Trinajstić information content (AvgIpc) is 3.18. The van der Waals surface area contributed by atoms with Crippen LogP contribution in [0.1, 0.15) is 11.1 Å². The highest BCUT2D eigenvalue weighted by molar-refractivity contribution is 8.00. The monoisotopic (exact) mass is 411 g/mol. The van der Waals surface area contributed by atoms with E-state index in [0.29, 0.717) is 24.1 Å². The molecule has 28 heavy (non-hydrogen) atoms. The van der Waals surface area contributed by atoms with E-state index in [-0.39, 0.29) is 5.91 Å². The number of hydrogen-bond donors (Lipinski definition) is 1. The smallest absolute Gasteiger partial charge is 0.250 e. The van der Waals surface area contributed by atoms with E-state index in [9.17, 15) is 4.79 Å². The number of nitrogens with one attached hydrogen (secondary N) is 1. The van der Waals surface area contributed by atoms with E-state index in [2.05, 4.69) is 27.6 Å². The molecule has 0 radical (unpaired) electrons. The van der Waals surface area contributed by atoms with Crippen LogP contribution in [0.25, 0.3) is 6.08 Å². The standard InChI is InChI=1S/C20H17N3O3S2/c24-18(9-7-14-6-8-16-17(12-14)26-11-10-25-16)21-19-22-23-20(28-19)27-13-15-4-2-1-3-5-15/h1-9,12H,10-11,13H2,(H,21,22,24). The van der Waals surface area contributed by atoms with E-state index in [0.717, 1.165) is 21.4 Å². The summed E-state index contributed by atoms with van der Waals surface area (Å²) in [6.07, 6.45) is 3.18. The van der Waals surface area contributed by atoms with Gasteiger partial charge in [0.15, 0.2) is 15.8 Å². The number of nitrogens with zero attached hydrogens (tertiary/aromatic N) is 2. The van der Waals surface area contributed by atoms with Gasteiger partial charge < -0.3 is 9.47 Å². The van der Waals surface area contributed by atoms with Gasteiger partial charge in [-0.05, 0) is 29.3 Å². The van der Waals surface area contributed by atoms with Gasteiger partial charge >= 0.3 is 0 Å². The van der Waals surface area contributed by atoms with Crippen LogP contribution in [0.4, 0.5) is 5.13 Å². The molecule has 2 aromatic carbocycles. The number of hydrogen-bond acceptors (Lipinski definition) is 7. The Bertz CT molecular complexity index is 989. The predicted octanol–water partition coefficient (Wildman–Crippen LogP) is 4.25. The van der Waals surface area contributed by atoms with Crippen LogP contribution in [-0.4, -0.2) is 29.3 Å². The van der Waals surface area contributed by atoms with E-state index in [4.69, 9.17) is 9.47 Å². The zero-order valence-corrected chi connectivity index (χ0v) is 16.5. The third-order valence-corrected chi connectivity index (χ3v) is 5.88. The quantitative estimate of drug-likeness (QED) is 0.371. The minimum absolute atomic E-state index is 0.259. The molecule has 1 amide bonds. The summed E-state index contributed by atoms with van der Waals surface area (Å²) in [6, 6.07) is 15.7. The van der Waals surface area contributed by atoms with Crippen LogP contribution in [0.2, 0.25) is 0 Å². The van der Waals surface area contributed by atoms with Gasteiger partial charge in [-0.1, -0.05) is 59.5 Å². The number of anilines is 1. The van der Waals surface area contributed by atoms with E-state index < -0.39 is 0 Å². The van der Waals surface area contributed by atoms with Gasteiger partial charge in [0.2, 0.25) is 11.0 Å². The molecule has 3 aromatic rings. The fourth-order valence-corrected chi connectivity index (χ4v) is 4.23. The lowest BCUT2D eigenvalue weighted by molar-refractivity contribution is -0.111. The summed E-state index contributed by atoms with van der Waals surface area (Å²) in [5.74, 6) is 1.97. The molecule has 0 fully saturated rings. The van der Waals surface area contributed by atoms with Crippen molar-refractivity contribution < 1.29 is 14.3 Å². The van der Waals surface area contributed by atoms with Crippen molar-refractivity contribution >= 4 is 40.2 Å². The summed E-state index contributed by atoms with van der Waals surface area (Å²) >= 11 is 2.95. The Morgan fingerprint density at radius 1 is 1.11 bits per heavy atom. The fraction of sp³-hybridized carbons (Fsp3) is 0.150. The number of ether oxygens (including phenoxy) is 2. The molecule has 2 heterocycles. The Morgan fingerprint density at radius 3 is 2.79 bits per heavy atom. The Hall–Kier alpha value is -2.84. The molecule has 0 saturated heterocycles. The Labute approximate surface area is 170 Å². The highest BCUT2D eigenvalue weighted by Crippen LogP contribution is 2.31. The second-order valence-electron chi connectivity index (χ2n) is 5.87. The second-order valence-corrected chi connectivity index (χ2v) is 8.07. The van der Waals surface area contributed by atoms with Crippen LogP contribution in [0.5, 0.6) is 11.5 Å². The van der Waals surface area contributed by atoms with Crippen LogP contribution >= 0.6 is 23.1 Å². The molecule has 0 atom stereocenters. The van der Waals surface area contributed by atoms with Crippen molar-refractivity contribution in [2.75, 3.05) is 18.5 Å². The van der Waals surface area contributed by atoms with Gasteiger partial charge in [-0.3, -0.25) is 10.1 Å². The maximum atomic E-state index is 12.1. The van der Waals surface area contributed by atoms with E-state index in [1.165, 1.54) is 23.0 Å². The Kier molecular flexibility index (Phi) is 5.89. The first kappa shape index (κ1) is 18.5.